The molecule has 0 amide bonds. The molecule has 6 heteroatoms. The van der Waals surface area contributed by atoms with Gasteiger partial charge in [0.05, 0.1) is 22.5 Å². The van der Waals surface area contributed by atoms with Crippen LogP contribution >= 0.6 is 15.9 Å². The van der Waals surface area contributed by atoms with E-state index in [2.05, 4.69) is 21.0 Å². The number of rotatable bonds is 4. The van der Waals surface area contributed by atoms with E-state index in [1.54, 1.807) is 10.9 Å². The topological polar surface area (TPSA) is 38.0 Å². The van der Waals surface area contributed by atoms with Crippen LogP contribution in [0.2, 0.25) is 0 Å². The fourth-order valence-corrected chi connectivity index (χ4v) is 3.19. The molecule has 19 heavy (non-hydrogen) atoms. The molecule has 1 heterocycles. The summed E-state index contributed by atoms with van der Waals surface area (Å²) in [5.74, 6) is -2.67. The molecule has 2 rings (SSSR count). The quantitative estimate of drug-likeness (QED) is 0.904. The second-order valence-electron chi connectivity index (χ2n) is 5.24. The van der Waals surface area contributed by atoms with E-state index in [0.29, 0.717) is 12.8 Å². The lowest BCUT2D eigenvalue weighted by molar-refractivity contribution is -0.0637. The Kier molecular flexibility index (Phi) is 4.61. The molecule has 0 spiro atoms. The van der Waals surface area contributed by atoms with Crippen molar-refractivity contribution in [3.63, 3.8) is 0 Å². The van der Waals surface area contributed by atoms with Crippen LogP contribution in [0.5, 0.6) is 0 Å². The van der Waals surface area contributed by atoms with E-state index in [1.807, 2.05) is 6.92 Å². The molecule has 1 atom stereocenters. The third-order valence-electron chi connectivity index (χ3n) is 3.76. The molecule has 1 aromatic rings. The SMILES string of the molecule is CCCn1ncc(Br)c1C(O)C1CCC(F)(F)CC1. The molecule has 1 aliphatic carbocycles. The summed E-state index contributed by atoms with van der Waals surface area (Å²) < 4.78 is 28.8. The summed E-state index contributed by atoms with van der Waals surface area (Å²) in [7, 11) is 0. The van der Waals surface area contributed by atoms with Crippen LogP contribution in [0.15, 0.2) is 10.7 Å². The highest BCUT2D eigenvalue weighted by Crippen LogP contribution is 2.42. The van der Waals surface area contributed by atoms with Gasteiger partial charge in [0.2, 0.25) is 5.92 Å². The molecule has 0 aromatic carbocycles. The smallest absolute Gasteiger partial charge is 0.248 e. The third kappa shape index (κ3) is 3.34. The van der Waals surface area contributed by atoms with Crippen molar-refractivity contribution in [2.24, 2.45) is 5.92 Å². The van der Waals surface area contributed by atoms with Gasteiger partial charge < -0.3 is 5.11 Å². The second kappa shape index (κ2) is 5.87. The maximum absolute atomic E-state index is 13.2. The molecule has 0 saturated heterocycles. The molecule has 1 saturated carbocycles. The Morgan fingerprint density at radius 1 is 1.53 bits per heavy atom. The van der Waals surface area contributed by atoms with Crippen molar-refractivity contribution < 1.29 is 13.9 Å². The lowest BCUT2D eigenvalue weighted by Gasteiger charge is -2.31. The Labute approximate surface area is 120 Å². The van der Waals surface area contributed by atoms with Crippen LogP contribution in [-0.2, 0) is 6.54 Å². The molecule has 0 bridgehead atoms. The normalized spacial score (nSPS) is 21.5. The average molecular weight is 337 g/mol. The van der Waals surface area contributed by atoms with Gasteiger partial charge in [0, 0.05) is 19.4 Å². The van der Waals surface area contributed by atoms with Gasteiger partial charge in [0.25, 0.3) is 0 Å². The highest BCUT2D eigenvalue weighted by atomic mass is 79.9. The first kappa shape index (κ1) is 14.9. The summed E-state index contributed by atoms with van der Waals surface area (Å²) in [4.78, 5) is 0. The maximum Gasteiger partial charge on any atom is 0.248 e. The van der Waals surface area contributed by atoms with E-state index in [0.717, 1.165) is 23.1 Å². The van der Waals surface area contributed by atoms with Crippen LogP contribution in [0.1, 0.15) is 50.8 Å². The van der Waals surface area contributed by atoms with Gasteiger partial charge in [-0.3, -0.25) is 4.68 Å². The molecule has 3 nitrogen and oxygen atoms in total. The van der Waals surface area contributed by atoms with Gasteiger partial charge in [-0.25, -0.2) is 8.78 Å². The minimum Gasteiger partial charge on any atom is -0.386 e. The van der Waals surface area contributed by atoms with Crippen LogP contribution in [0.25, 0.3) is 0 Å². The Hall–Kier alpha value is -0.490. The first-order valence-corrected chi connectivity index (χ1v) is 7.51. The van der Waals surface area contributed by atoms with Gasteiger partial charge in [0.1, 0.15) is 0 Å². The summed E-state index contributed by atoms with van der Waals surface area (Å²) in [5.41, 5.74) is 0.720. The van der Waals surface area contributed by atoms with E-state index in [1.165, 1.54) is 0 Å². The Bertz CT molecular complexity index is 426. The highest BCUT2D eigenvalue weighted by Gasteiger charge is 2.38. The predicted octanol–water partition coefficient (Wildman–Crippen LogP) is 3.91. The van der Waals surface area contributed by atoms with Gasteiger partial charge in [-0.1, -0.05) is 6.92 Å². The standard InChI is InChI=1S/C13H19BrF2N2O/c1-2-7-18-11(10(14)8-17-18)12(19)9-3-5-13(15,16)6-4-9/h8-9,12,19H,2-7H2,1H3. The molecule has 0 radical (unpaired) electrons. The summed E-state index contributed by atoms with van der Waals surface area (Å²) >= 11 is 3.39. The van der Waals surface area contributed by atoms with Gasteiger partial charge in [-0.15, -0.1) is 0 Å². The van der Waals surface area contributed by atoms with E-state index >= 15 is 0 Å². The largest absolute Gasteiger partial charge is 0.386 e. The third-order valence-corrected chi connectivity index (χ3v) is 4.37. The zero-order chi connectivity index (χ0) is 14.0. The molecular weight excluding hydrogens is 318 g/mol. The minimum atomic E-state index is -2.56. The monoisotopic (exact) mass is 336 g/mol. The first-order valence-electron chi connectivity index (χ1n) is 6.71. The number of aryl methyl sites for hydroxylation is 1. The number of hydrogen-bond donors (Lipinski definition) is 1. The number of aromatic nitrogens is 2. The molecule has 1 fully saturated rings. The Balaban J connectivity index is 2.11. The van der Waals surface area contributed by atoms with Crippen molar-refractivity contribution in [3.05, 3.63) is 16.4 Å². The van der Waals surface area contributed by atoms with E-state index in [-0.39, 0.29) is 18.8 Å². The number of nitrogens with zero attached hydrogens (tertiary/aromatic N) is 2. The van der Waals surface area contributed by atoms with Crippen molar-refractivity contribution in [3.8, 4) is 0 Å². The predicted molar refractivity (Wildman–Crippen MR) is 72.1 cm³/mol. The minimum absolute atomic E-state index is 0.108. The molecule has 1 N–H and O–H groups in total. The second-order valence-corrected chi connectivity index (χ2v) is 6.09. The molecule has 1 aliphatic rings. The fourth-order valence-electron chi connectivity index (χ4n) is 2.66. The number of hydrogen-bond acceptors (Lipinski definition) is 2. The summed E-state index contributed by atoms with van der Waals surface area (Å²) in [5, 5.41) is 14.7. The fraction of sp³-hybridized carbons (Fsp3) is 0.769. The van der Waals surface area contributed by atoms with E-state index < -0.39 is 12.0 Å². The van der Waals surface area contributed by atoms with Crippen molar-refractivity contribution in [1.82, 2.24) is 9.78 Å². The molecular formula is C13H19BrF2N2O. The van der Waals surface area contributed by atoms with Crippen molar-refractivity contribution >= 4 is 15.9 Å². The number of alkyl halides is 2. The molecule has 1 unspecified atom stereocenters. The summed E-state index contributed by atoms with van der Waals surface area (Å²) in [6.07, 6.45) is 2.31. The number of halogens is 3. The first-order chi connectivity index (χ1) is 8.94. The van der Waals surface area contributed by atoms with Gasteiger partial charge in [-0.2, -0.15) is 5.10 Å². The summed E-state index contributed by atoms with van der Waals surface area (Å²) in [6, 6.07) is 0. The van der Waals surface area contributed by atoms with Gasteiger partial charge >= 0.3 is 0 Å². The number of aliphatic hydroxyl groups is 1. The van der Waals surface area contributed by atoms with E-state index in [4.69, 9.17) is 0 Å². The van der Waals surface area contributed by atoms with Crippen molar-refractivity contribution in [2.45, 2.75) is 57.6 Å². The van der Waals surface area contributed by atoms with Crippen LogP contribution < -0.4 is 0 Å². The van der Waals surface area contributed by atoms with Crippen molar-refractivity contribution in [1.29, 1.82) is 0 Å². The zero-order valence-electron chi connectivity index (χ0n) is 11.0. The summed E-state index contributed by atoms with van der Waals surface area (Å²) in [6.45, 7) is 2.76. The number of aliphatic hydroxyl groups excluding tert-OH is 1. The Morgan fingerprint density at radius 3 is 2.74 bits per heavy atom. The lowest BCUT2D eigenvalue weighted by Crippen LogP contribution is -2.28. The highest BCUT2D eigenvalue weighted by molar-refractivity contribution is 9.10. The average Bonchev–Trinajstić information content (AvgIpc) is 2.70. The van der Waals surface area contributed by atoms with Crippen LogP contribution in [-0.4, -0.2) is 20.8 Å². The maximum atomic E-state index is 13.2. The Morgan fingerprint density at radius 2 is 2.16 bits per heavy atom. The van der Waals surface area contributed by atoms with Crippen LogP contribution in [0, 0.1) is 5.92 Å². The van der Waals surface area contributed by atoms with Gasteiger partial charge in [-0.05, 0) is 41.1 Å². The molecule has 108 valence electrons. The molecule has 0 aliphatic heterocycles. The lowest BCUT2D eigenvalue weighted by atomic mass is 9.82. The van der Waals surface area contributed by atoms with E-state index in [9.17, 15) is 13.9 Å². The molecule has 1 aromatic heterocycles. The van der Waals surface area contributed by atoms with Crippen LogP contribution in [0.3, 0.4) is 0 Å². The zero-order valence-corrected chi connectivity index (χ0v) is 12.5. The van der Waals surface area contributed by atoms with Crippen LogP contribution in [0.4, 0.5) is 8.78 Å². The van der Waals surface area contributed by atoms with Gasteiger partial charge in [0.15, 0.2) is 0 Å². The van der Waals surface area contributed by atoms with Crippen molar-refractivity contribution in [2.75, 3.05) is 0 Å².